The van der Waals surface area contributed by atoms with Crippen molar-refractivity contribution in [3.05, 3.63) is 24.3 Å². The van der Waals surface area contributed by atoms with Crippen LogP contribution in [0.2, 0.25) is 12.1 Å². The molecule has 0 fully saturated rings. The van der Waals surface area contributed by atoms with Gasteiger partial charge in [-0.25, -0.2) is 0 Å². The van der Waals surface area contributed by atoms with Gasteiger partial charge in [-0.3, -0.25) is 0 Å². The summed E-state index contributed by atoms with van der Waals surface area (Å²) in [6.45, 7) is 4.15. The monoisotopic (exact) mass is 244 g/mol. The number of hydrogen-bond donors (Lipinski definition) is 0. The summed E-state index contributed by atoms with van der Waals surface area (Å²) in [7, 11) is -0.387. The van der Waals surface area contributed by atoms with Gasteiger partial charge in [0.1, 0.15) is 11.5 Å². The Morgan fingerprint density at radius 1 is 1.07 bits per heavy atom. The molecular formula is C11H17ClO2Si. The Morgan fingerprint density at radius 3 is 1.93 bits per heavy atom. The Kier molecular flexibility index (Phi) is 4.48. The summed E-state index contributed by atoms with van der Waals surface area (Å²) in [5, 5.41) is 0. The van der Waals surface area contributed by atoms with Crippen LogP contribution in [0.1, 0.15) is 13.8 Å². The third kappa shape index (κ3) is 3.43. The maximum atomic E-state index is 6.40. The minimum atomic E-state index is -2.03. The van der Waals surface area contributed by atoms with Crippen LogP contribution in [0.4, 0.5) is 0 Å². The van der Waals surface area contributed by atoms with Crippen LogP contribution in [0, 0.1) is 0 Å². The SMILES string of the molecule is CC[Si](Cl)(CC)Oc1ccc(OC)cc1. The average Bonchev–Trinajstić information content (AvgIpc) is 2.30. The third-order valence-electron chi connectivity index (χ3n) is 2.42. The zero-order chi connectivity index (χ0) is 11.3. The Balaban J connectivity index is 2.71. The van der Waals surface area contributed by atoms with Crippen LogP contribution in [-0.2, 0) is 0 Å². The predicted molar refractivity (Wildman–Crippen MR) is 66.2 cm³/mol. The predicted octanol–water partition coefficient (Wildman–Crippen LogP) is 3.79. The highest BCUT2D eigenvalue weighted by Crippen LogP contribution is 2.26. The smallest absolute Gasteiger partial charge is 0.347 e. The van der Waals surface area contributed by atoms with E-state index < -0.39 is 7.63 Å². The summed E-state index contributed by atoms with van der Waals surface area (Å²) in [6, 6.07) is 9.38. The second-order valence-electron chi connectivity index (χ2n) is 3.37. The summed E-state index contributed by atoms with van der Waals surface area (Å²) in [5.74, 6) is 1.67. The van der Waals surface area contributed by atoms with E-state index in [0.29, 0.717) is 0 Å². The molecule has 1 rings (SSSR count). The van der Waals surface area contributed by atoms with Crippen LogP contribution in [0.25, 0.3) is 0 Å². The van der Waals surface area contributed by atoms with Gasteiger partial charge in [0.25, 0.3) is 0 Å². The van der Waals surface area contributed by atoms with Gasteiger partial charge in [-0.2, -0.15) is 0 Å². The highest BCUT2D eigenvalue weighted by molar-refractivity contribution is 7.17. The highest BCUT2D eigenvalue weighted by Gasteiger charge is 2.30. The van der Waals surface area contributed by atoms with Gasteiger partial charge < -0.3 is 9.16 Å². The second kappa shape index (κ2) is 5.42. The molecule has 0 bridgehead atoms. The Labute approximate surface area is 97.0 Å². The molecule has 0 aliphatic carbocycles. The van der Waals surface area contributed by atoms with Crippen molar-refractivity contribution in [1.29, 1.82) is 0 Å². The molecule has 0 heterocycles. The van der Waals surface area contributed by atoms with E-state index in [4.69, 9.17) is 20.2 Å². The molecule has 2 nitrogen and oxygen atoms in total. The third-order valence-corrected chi connectivity index (χ3v) is 6.96. The molecule has 0 aliphatic heterocycles. The minimum Gasteiger partial charge on any atom is -0.529 e. The first-order chi connectivity index (χ1) is 7.13. The molecule has 0 N–H and O–H groups in total. The zero-order valence-electron chi connectivity index (χ0n) is 9.42. The lowest BCUT2D eigenvalue weighted by Crippen LogP contribution is -2.33. The van der Waals surface area contributed by atoms with Crippen molar-refractivity contribution in [3.8, 4) is 11.5 Å². The molecule has 84 valence electrons. The fraction of sp³-hybridized carbons (Fsp3) is 0.455. The van der Waals surface area contributed by atoms with E-state index in [1.807, 2.05) is 24.3 Å². The molecule has 1 aromatic carbocycles. The fourth-order valence-electron chi connectivity index (χ4n) is 1.25. The van der Waals surface area contributed by atoms with E-state index in [0.717, 1.165) is 23.6 Å². The number of halogens is 1. The van der Waals surface area contributed by atoms with Gasteiger partial charge in [-0.05, 0) is 36.4 Å². The normalized spacial score (nSPS) is 11.2. The van der Waals surface area contributed by atoms with Crippen molar-refractivity contribution in [2.75, 3.05) is 7.11 Å². The van der Waals surface area contributed by atoms with E-state index in [9.17, 15) is 0 Å². The van der Waals surface area contributed by atoms with Gasteiger partial charge in [-0.1, -0.05) is 13.8 Å². The van der Waals surface area contributed by atoms with Gasteiger partial charge in [-0.15, -0.1) is 11.1 Å². The van der Waals surface area contributed by atoms with Gasteiger partial charge >= 0.3 is 7.63 Å². The first kappa shape index (κ1) is 12.4. The molecule has 1 aromatic rings. The molecule has 0 aliphatic rings. The first-order valence-electron chi connectivity index (χ1n) is 5.15. The Bertz CT molecular complexity index is 296. The summed E-state index contributed by atoms with van der Waals surface area (Å²) in [6.07, 6.45) is 0. The van der Waals surface area contributed by atoms with Gasteiger partial charge in [0.15, 0.2) is 0 Å². The minimum absolute atomic E-state index is 0.831. The van der Waals surface area contributed by atoms with Gasteiger partial charge in [0.05, 0.1) is 7.11 Å². The summed E-state index contributed by atoms with van der Waals surface area (Å²) >= 11 is 6.40. The second-order valence-corrected chi connectivity index (χ2v) is 8.82. The topological polar surface area (TPSA) is 18.5 Å². The van der Waals surface area contributed by atoms with Crippen LogP contribution >= 0.6 is 11.1 Å². The zero-order valence-corrected chi connectivity index (χ0v) is 11.2. The molecule has 0 atom stereocenters. The van der Waals surface area contributed by atoms with E-state index in [1.165, 1.54) is 0 Å². The average molecular weight is 245 g/mol. The summed E-state index contributed by atoms with van der Waals surface area (Å²) in [5.41, 5.74) is 0. The molecule has 0 amide bonds. The molecule has 0 unspecified atom stereocenters. The standard InChI is InChI=1S/C11H17ClO2Si/c1-4-15(12,5-2)14-11-8-6-10(13-3)7-9-11/h6-9H,4-5H2,1-3H3. The number of benzene rings is 1. The summed E-state index contributed by atoms with van der Waals surface area (Å²) in [4.78, 5) is 0. The van der Waals surface area contributed by atoms with E-state index in [-0.39, 0.29) is 0 Å². The van der Waals surface area contributed by atoms with Crippen LogP contribution in [0.3, 0.4) is 0 Å². The highest BCUT2D eigenvalue weighted by atomic mass is 35.6. The molecule has 4 heteroatoms. The largest absolute Gasteiger partial charge is 0.529 e. The lowest BCUT2D eigenvalue weighted by molar-refractivity contribution is 0.414. The molecule has 0 aromatic heterocycles. The molecule has 0 saturated carbocycles. The van der Waals surface area contributed by atoms with Crippen molar-refractivity contribution in [2.45, 2.75) is 25.9 Å². The summed E-state index contributed by atoms with van der Waals surface area (Å²) < 4.78 is 10.9. The number of rotatable bonds is 5. The van der Waals surface area contributed by atoms with Crippen molar-refractivity contribution < 1.29 is 9.16 Å². The van der Waals surface area contributed by atoms with Gasteiger partial charge in [0.2, 0.25) is 0 Å². The molecule has 0 radical (unpaired) electrons. The van der Waals surface area contributed by atoms with E-state index in [2.05, 4.69) is 13.8 Å². The van der Waals surface area contributed by atoms with Crippen molar-refractivity contribution >= 4 is 18.7 Å². The first-order valence-corrected chi connectivity index (χ1v) is 8.49. The Morgan fingerprint density at radius 2 is 1.53 bits per heavy atom. The van der Waals surface area contributed by atoms with E-state index in [1.54, 1.807) is 7.11 Å². The van der Waals surface area contributed by atoms with Crippen LogP contribution in [-0.4, -0.2) is 14.7 Å². The molecular weight excluding hydrogens is 228 g/mol. The van der Waals surface area contributed by atoms with Crippen LogP contribution in [0.15, 0.2) is 24.3 Å². The van der Waals surface area contributed by atoms with Crippen molar-refractivity contribution in [1.82, 2.24) is 0 Å². The molecule has 15 heavy (non-hydrogen) atoms. The quantitative estimate of drug-likeness (QED) is 0.580. The number of ether oxygens (including phenoxy) is 1. The van der Waals surface area contributed by atoms with Crippen molar-refractivity contribution in [3.63, 3.8) is 0 Å². The lowest BCUT2D eigenvalue weighted by atomic mass is 10.3. The van der Waals surface area contributed by atoms with Crippen LogP contribution < -0.4 is 9.16 Å². The number of hydrogen-bond acceptors (Lipinski definition) is 2. The lowest BCUT2D eigenvalue weighted by Gasteiger charge is -2.22. The van der Waals surface area contributed by atoms with E-state index >= 15 is 0 Å². The van der Waals surface area contributed by atoms with Crippen LogP contribution in [0.5, 0.6) is 11.5 Å². The maximum Gasteiger partial charge on any atom is 0.347 e. The maximum absolute atomic E-state index is 6.40. The van der Waals surface area contributed by atoms with Gasteiger partial charge in [0, 0.05) is 0 Å². The van der Waals surface area contributed by atoms with Crippen molar-refractivity contribution in [2.24, 2.45) is 0 Å². The molecule has 0 saturated heterocycles. The fourth-order valence-corrected chi connectivity index (χ4v) is 2.86. The number of methoxy groups -OCH3 is 1. The Hall–Kier alpha value is -0.673. The molecule has 0 spiro atoms.